The molecule has 1 heterocycles. The van der Waals surface area contributed by atoms with Gasteiger partial charge in [0.2, 0.25) is 0 Å². The van der Waals surface area contributed by atoms with Crippen LogP contribution in [0.15, 0.2) is 30.3 Å². The Hall–Kier alpha value is -1.66. The van der Waals surface area contributed by atoms with Crippen molar-refractivity contribution in [1.82, 2.24) is 4.90 Å². The number of carbonyl (C=O) groups excluding carboxylic acids is 2. The van der Waals surface area contributed by atoms with Crippen LogP contribution < -0.4 is 0 Å². The van der Waals surface area contributed by atoms with Crippen LogP contribution in [-0.2, 0) is 20.6 Å². The number of hydrogen-bond donors (Lipinski definition) is 0. The van der Waals surface area contributed by atoms with Crippen LogP contribution >= 0.6 is 0 Å². The first-order valence-electron chi connectivity index (χ1n) is 9.22. The predicted octanol–water partition coefficient (Wildman–Crippen LogP) is 4.23. The fraction of sp³-hybridized carbons (Fsp3) is 0.600. The number of benzene rings is 1. The lowest BCUT2D eigenvalue weighted by Crippen LogP contribution is -2.47. The number of ether oxygens (including phenoxy) is 1. The van der Waals surface area contributed by atoms with Gasteiger partial charge in [-0.25, -0.2) is 4.79 Å². The molecular weight excluding hydrogens is 346 g/mol. The van der Waals surface area contributed by atoms with Gasteiger partial charge in [-0.1, -0.05) is 51.1 Å². The summed E-state index contributed by atoms with van der Waals surface area (Å²) in [6.45, 7) is 12.0. The lowest BCUT2D eigenvalue weighted by molar-refractivity contribution is -0.111. The molecule has 1 amide bonds. The Morgan fingerprint density at radius 3 is 2.50 bits per heavy atom. The molecule has 1 saturated heterocycles. The van der Waals surface area contributed by atoms with E-state index in [-0.39, 0.29) is 29.7 Å². The lowest BCUT2D eigenvalue weighted by atomic mass is 10.0. The summed E-state index contributed by atoms with van der Waals surface area (Å²) in [6, 6.07) is 9.35. The molecule has 1 aromatic carbocycles. The quantitative estimate of drug-likeness (QED) is 0.550. The molecule has 1 aromatic rings. The molecule has 2 atom stereocenters. The van der Waals surface area contributed by atoms with Crippen LogP contribution in [-0.4, -0.2) is 44.8 Å². The van der Waals surface area contributed by atoms with Crippen molar-refractivity contribution in [3.8, 4) is 0 Å². The van der Waals surface area contributed by atoms with Gasteiger partial charge in [0.05, 0.1) is 12.6 Å². The normalized spacial score (nSPS) is 20.9. The Morgan fingerprint density at radius 1 is 1.27 bits per heavy atom. The fourth-order valence-corrected chi connectivity index (χ4v) is 3.81. The van der Waals surface area contributed by atoms with Crippen molar-refractivity contribution in [3.05, 3.63) is 35.9 Å². The highest BCUT2D eigenvalue weighted by molar-refractivity contribution is 6.74. The Bertz CT molecular complexity index is 612. The molecule has 26 heavy (non-hydrogen) atoms. The maximum atomic E-state index is 12.6. The second-order valence-electron chi connectivity index (χ2n) is 8.46. The maximum absolute atomic E-state index is 12.6. The van der Waals surface area contributed by atoms with Gasteiger partial charge in [-0.15, -0.1) is 0 Å². The van der Waals surface area contributed by atoms with E-state index in [1.165, 1.54) is 0 Å². The van der Waals surface area contributed by atoms with Gasteiger partial charge in [0, 0.05) is 12.5 Å². The van der Waals surface area contributed by atoms with E-state index in [4.69, 9.17) is 9.16 Å². The van der Waals surface area contributed by atoms with Crippen LogP contribution in [0.25, 0.3) is 0 Å². The average molecular weight is 378 g/mol. The lowest BCUT2D eigenvalue weighted by Gasteiger charge is -2.38. The SMILES string of the molecule is CC(C)(C)[Si](C)(C)OC[C@@H]1[C@@H](C=O)CCN1C(=O)OCc1ccccc1. The zero-order valence-corrected chi connectivity index (χ0v) is 17.5. The first-order valence-corrected chi connectivity index (χ1v) is 12.1. The molecule has 0 radical (unpaired) electrons. The predicted molar refractivity (Wildman–Crippen MR) is 104 cm³/mol. The van der Waals surface area contributed by atoms with Gasteiger partial charge in [0.15, 0.2) is 8.32 Å². The zero-order valence-electron chi connectivity index (χ0n) is 16.5. The molecule has 1 aliphatic rings. The summed E-state index contributed by atoms with van der Waals surface area (Å²) in [4.78, 5) is 25.7. The van der Waals surface area contributed by atoms with Crippen molar-refractivity contribution in [2.45, 2.75) is 58.0 Å². The van der Waals surface area contributed by atoms with E-state index in [0.29, 0.717) is 19.6 Å². The monoisotopic (exact) mass is 377 g/mol. The van der Waals surface area contributed by atoms with Crippen LogP contribution in [0.3, 0.4) is 0 Å². The molecule has 1 aliphatic heterocycles. The van der Waals surface area contributed by atoms with Crippen molar-refractivity contribution in [2.75, 3.05) is 13.2 Å². The molecule has 0 aromatic heterocycles. The Balaban J connectivity index is 1.99. The van der Waals surface area contributed by atoms with E-state index in [1.807, 2.05) is 30.3 Å². The van der Waals surface area contributed by atoms with Crippen molar-refractivity contribution in [2.24, 2.45) is 5.92 Å². The Labute approximate surface area is 157 Å². The molecule has 0 bridgehead atoms. The molecule has 0 N–H and O–H groups in total. The van der Waals surface area contributed by atoms with Crippen molar-refractivity contribution in [3.63, 3.8) is 0 Å². The van der Waals surface area contributed by atoms with Gasteiger partial charge in [0.25, 0.3) is 0 Å². The summed E-state index contributed by atoms with van der Waals surface area (Å²) < 4.78 is 11.7. The van der Waals surface area contributed by atoms with Crippen LogP contribution in [0, 0.1) is 5.92 Å². The highest BCUT2D eigenvalue weighted by Crippen LogP contribution is 2.37. The van der Waals surface area contributed by atoms with E-state index < -0.39 is 8.32 Å². The summed E-state index contributed by atoms with van der Waals surface area (Å²) in [6.07, 6.45) is 1.24. The van der Waals surface area contributed by atoms with E-state index >= 15 is 0 Å². The number of nitrogens with zero attached hydrogens (tertiary/aromatic N) is 1. The summed E-state index contributed by atoms with van der Waals surface area (Å²) in [5.41, 5.74) is 0.945. The third-order valence-electron chi connectivity index (χ3n) is 5.63. The Kier molecular flexibility index (Phi) is 6.63. The van der Waals surface area contributed by atoms with Gasteiger partial charge in [0.1, 0.15) is 12.9 Å². The Morgan fingerprint density at radius 2 is 1.92 bits per heavy atom. The average Bonchev–Trinajstić information content (AvgIpc) is 3.01. The number of aldehydes is 1. The van der Waals surface area contributed by atoms with Gasteiger partial charge < -0.3 is 18.9 Å². The van der Waals surface area contributed by atoms with Gasteiger partial charge in [-0.2, -0.15) is 0 Å². The van der Waals surface area contributed by atoms with E-state index in [2.05, 4.69) is 33.9 Å². The molecule has 0 unspecified atom stereocenters. The second kappa shape index (κ2) is 8.35. The molecule has 0 spiro atoms. The molecule has 2 rings (SSSR count). The van der Waals surface area contributed by atoms with Crippen molar-refractivity contribution < 1.29 is 18.8 Å². The van der Waals surface area contributed by atoms with Crippen LogP contribution in [0.1, 0.15) is 32.8 Å². The van der Waals surface area contributed by atoms with Crippen molar-refractivity contribution in [1.29, 1.82) is 0 Å². The summed E-state index contributed by atoms with van der Waals surface area (Å²) >= 11 is 0. The van der Waals surface area contributed by atoms with Crippen LogP contribution in [0.2, 0.25) is 18.1 Å². The standard InChI is InChI=1S/C20H31NO4Si/c1-20(2,3)26(4,5)25-15-18-17(13-22)11-12-21(18)19(23)24-14-16-9-7-6-8-10-16/h6-10,13,17-18H,11-12,14-15H2,1-5H3/t17-,18-/m1/s1. The third-order valence-corrected chi connectivity index (χ3v) is 10.1. The first kappa shape index (κ1) is 20.6. The second-order valence-corrected chi connectivity index (χ2v) is 13.3. The fourth-order valence-electron chi connectivity index (χ4n) is 2.79. The number of likely N-dealkylation sites (tertiary alicyclic amines) is 1. The van der Waals surface area contributed by atoms with Crippen LogP contribution in [0.4, 0.5) is 4.79 Å². The number of hydrogen-bond acceptors (Lipinski definition) is 4. The largest absolute Gasteiger partial charge is 0.445 e. The molecule has 6 heteroatoms. The van der Waals surface area contributed by atoms with E-state index in [0.717, 1.165) is 11.8 Å². The third kappa shape index (κ3) is 4.95. The molecule has 0 saturated carbocycles. The maximum Gasteiger partial charge on any atom is 0.410 e. The van der Waals surface area contributed by atoms with E-state index in [1.54, 1.807) is 4.90 Å². The van der Waals surface area contributed by atoms with E-state index in [9.17, 15) is 9.59 Å². The summed E-state index contributed by atoms with van der Waals surface area (Å²) in [7, 11) is -1.95. The van der Waals surface area contributed by atoms with Gasteiger partial charge in [-0.05, 0) is 30.1 Å². The number of rotatable bonds is 6. The van der Waals surface area contributed by atoms with Gasteiger partial charge in [-0.3, -0.25) is 0 Å². The number of amides is 1. The smallest absolute Gasteiger partial charge is 0.410 e. The zero-order chi connectivity index (χ0) is 19.4. The van der Waals surface area contributed by atoms with Crippen LogP contribution in [0.5, 0.6) is 0 Å². The highest BCUT2D eigenvalue weighted by atomic mass is 28.4. The van der Waals surface area contributed by atoms with Gasteiger partial charge >= 0.3 is 6.09 Å². The molecule has 144 valence electrons. The summed E-state index contributed by atoms with van der Waals surface area (Å²) in [5, 5.41) is 0.0843. The topological polar surface area (TPSA) is 55.8 Å². The molecule has 1 fully saturated rings. The van der Waals surface area contributed by atoms with Crippen molar-refractivity contribution >= 4 is 20.7 Å². The number of carbonyl (C=O) groups is 2. The summed E-state index contributed by atoms with van der Waals surface area (Å²) in [5.74, 6) is -0.191. The molecular formula is C20H31NO4Si. The molecule has 0 aliphatic carbocycles. The molecule has 5 nitrogen and oxygen atoms in total. The first-order chi connectivity index (χ1) is 12.2. The minimum Gasteiger partial charge on any atom is -0.445 e. The highest BCUT2D eigenvalue weighted by Gasteiger charge is 2.42. The minimum atomic E-state index is -1.95. The minimum absolute atomic E-state index is 0.0843.